The van der Waals surface area contributed by atoms with Gasteiger partial charge in [0.2, 0.25) is 0 Å². The van der Waals surface area contributed by atoms with Crippen molar-refractivity contribution in [1.29, 1.82) is 0 Å². The van der Waals surface area contributed by atoms with Crippen molar-refractivity contribution in [3.05, 3.63) is 80.8 Å². The molecule has 0 saturated carbocycles. The second-order valence-electron chi connectivity index (χ2n) is 6.44. The second kappa shape index (κ2) is 10.7. The van der Waals surface area contributed by atoms with Crippen LogP contribution in [0.15, 0.2) is 54.6 Å². The molecule has 3 aromatic rings. The van der Waals surface area contributed by atoms with Gasteiger partial charge in [0.05, 0.1) is 18.7 Å². The lowest BCUT2D eigenvalue weighted by Gasteiger charge is -2.15. The van der Waals surface area contributed by atoms with Crippen molar-refractivity contribution in [3.8, 4) is 17.2 Å². The summed E-state index contributed by atoms with van der Waals surface area (Å²) in [6.45, 7) is 3.39. The fourth-order valence-corrected chi connectivity index (χ4v) is 3.55. The lowest BCUT2D eigenvalue weighted by Crippen LogP contribution is -2.03. The maximum Gasteiger partial charge on any atom is 0.161 e. The molecule has 7 heteroatoms. The fraction of sp³-hybridized carbons (Fsp3) is 0.217. The smallest absolute Gasteiger partial charge is 0.161 e. The minimum atomic E-state index is 0.317. The third kappa shape index (κ3) is 5.88. The van der Waals surface area contributed by atoms with Crippen LogP contribution in [0.5, 0.6) is 17.2 Å². The van der Waals surface area contributed by atoms with Crippen LogP contribution in [-0.4, -0.2) is 13.7 Å². The fourth-order valence-electron chi connectivity index (χ4n) is 2.82. The minimum Gasteiger partial charge on any atom is -0.495 e. The SMILES string of the molecule is CCOc1cc(CNc2ccc(OC)c(Cl)c2)ccc1OCc1ccc(Cl)cc1Cl. The highest BCUT2D eigenvalue weighted by Gasteiger charge is 2.09. The Morgan fingerprint density at radius 1 is 0.800 bits per heavy atom. The average Bonchev–Trinajstić information content (AvgIpc) is 2.73. The number of ether oxygens (including phenoxy) is 3. The standard InChI is InChI=1S/C23H22Cl3NO3/c1-3-29-23-10-15(13-27-18-7-9-21(28-2)20(26)12-18)4-8-22(23)30-14-16-5-6-17(24)11-19(16)25/h4-12,27H,3,13-14H2,1-2H3. The Hall–Kier alpha value is -2.27. The lowest BCUT2D eigenvalue weighted by molar-refractivity contribution is 0.269. The molecule has 0 aliphatic carbocycles. The van der Waals surface area contributed by atoms with Crippen molar-refractivity contribution < 1.29 is 14.2 Å². The van der Waals surface area contributed by atoms with Crippen molar-refractivity contribution in [3.63, 3.8) is 0 Å². The van der Waals surface area contributed by atoms with Gasteiger partial charge in [-0.15, -0.1) is 0 Å². The minimum absolute atomic E-state index is 0.317. The van der Waals surface area contributed by atoms with Crippen LogP contribution in [0.1, 0.15) is 18.1 Å². The van der Waals surface area contributed by atoms with Crippen LogP contribution in [0.25, 0.3) is 0 Å². The summed E-state index contributed by atoms with van der Waals surface area (Å²) in [5.41, 5.74) is 2.80. The zero-order valence-corrected chi connectivity index (χ0v) is 18.9. The first-order valence-corrected chi connectivity index (χ1v) is 10.5. The molecule has 0 bridgehead atoms. The van der Waals surface area contributed by atoms with Crippen LogP contribution in [0, 0.1) is 0 Å². The summed E-state index contributed by atoms with van der Waals surface area (Å²) in [6, 6.07) is 16.8. The summed E-state index contributed by atoms with van der Waals surface area (Å²) in [6.07, 6.45) is 0. The molecule has 158 valence electrons. The average molecular weight is 467 g/mol. The maximum atomic E-state index is 6.23. The van der Waals surface area contributed by atoms with E-state index >= 15 is 0 Å². The highest BCUT2D eigenvalue weighted by Crippen LogP contribution is 2.31. The predicted molar refractivity (Wildman–Crippen MR) is 124 cm³/mol. The molecular weight excluding hydrogens is 445 g/mol. The monoisotopic (exact) mass is 465 g/mol. The van der Waals surface area contributed by atoms with Crippen molar-refractivity contribution in [2.45, 2.75) is 20.1 Å². The number of methoxy groups -OCH3 is 1. The predicted octanol–water partition coefficient (Wildman–Crippen LogP) is 7.25. The van der Waals surface area contributed by atoms with E-state index in [1.54, 1.807) is 19.2 Å². The maximum absolute atomic E-state index is 6.23. The normalized spacial score (nSPS) is 10.6. The zero-order valence-electron chi connectivity index (χ0n) is 16.7. The molecule has 0 aliphatic rings. The van der Waals surface area contributed by atoms with Gasteiger partial charge in [-0.25, -0.2) is 0 Å². The number of halogens is 3. The van der Waals surface area contributed by atoms with Crippen LogP contribution in [0.4, 0.5) is 5.69 Å². The Morgan fingerprint density at radius 3 is 2.30 bits per heavy atom. The Morgan fingerprint density at radius 2 is 1.60 bits per heavy atom. The number of rotatable bonds is 9. The van der Waals surface area contributed by atoms with Gasteiger partial charge in [-0.2, -0.15) is 0 Å². The number of benzene rings is 3. The molecular formula is C23H22Cl3NO3. The van der Waals surface area contributed by atoms with E-state index in [-0.39, 0.29) is 0 Å². The van der Waals surface area contributed by atoms with Crippen LogP contribution in [-0.2, 0) is 13.2 Å². The van der Waals surface area contributed by atoms with Gasteiger partial charge < -0.3 is 19.5 Å². The molecule has 30 heavy (non-hydrogen) atoms. The van der Waals surface area contributed by atoms with Crippen LogP contribution in [0.3, 0.4) is 0 Å². The van der Waals surface area contributed by atoms with Crippen molar-refractivity contribution in [2.24, 2.45) is 0 Å². The first-order valence-electron chi connectivity index (χ1n) is 9.40. The summed E-state index contributed by atoms with van der Waals surface area (Å²) in [7, 11) is 1.59. The van der Waals surface area contributed by atoms with E-state index in [2.05, 4.69) is 5.32 Å². The van der Waals surface area contributed by atoms with Gasteiger partial charge in [0.25, 0.3) is 0 Å². The highest BCUT2D eigenvalue weighted by molar-refractivity contribution is 6.35. The van der Waals surface area contributed by atoms with E-state index in [1.807, 2.05) is 49.4 Å². The van der Waals surface area contributed by atoms with Crippen LogP contribution in [0.2, 0.25) is 15.1 Å². The van der Waals surface area contributed by atoms with Crippen molar-refractivity contribution in [2.75, 3.05) is 19.0 Å². The largest absolute Gasteiger partial charge is 0.495 e. The second-order valence-corrected chi connectivity index (χ2v) is 7.69. The number of nitrogens with one attached hydrogen (secondary N) is 1. The van der Waals surface area contributed by atoms with E-state index in [1.165, 1.54) is 0 Å². The van der Waals surface area contributed by atoms with Gasteiger partial charge in [-0.3, -0.25) is 0 Å². The third-order valence-electron chi connectivity index (χ3n) is 4.35. The summed E-state index contributed by atoms with van der Waals surface area (Å²) in [5.74, 6) is 1.97. The van der Waals surface area contributed by atoms with E-state index in [4.69, 9.17) is 49.0 Å². The molecule has 4 nitrogen and oxygen atoms in total. The van der Waals surface area contributed by atoms with Gasteiger partial charge in [0.1, 0.15) is 12.4 Å². The highest BCUT2D eigenvalue weighted by atomic mass is 35.5. The van der Waals surface area contributed by atoms with E-state index in [9.17, 15) is 0 Å². The first-order chi connectivity index (χ1) is 14.5. The van der Waals surface area contributed by atoms with Crippen LogP contribution < -0.4 is 19.5 Å². The van der Waals surface area contributed by atoms with Gasteiger partial charge in [0.15, 0.2) is 11.5 Å². The zero-order chi connectivity index (χ0) is 21.5. The number of hydrogen-bond donors (Lipinski definition) is 1. The summed E-state index contributed by atoms with van der Waals surface area (Å²) < 4.78 is 16.9. The van der Waals surface area contributed by atoms with E-state index in [0.29, 0.717) is 52.1 Å². The summed E-state index contributed by atoms with van der Waals surface area (Å²) in [4.78, 5) is 0. The molecule has 0 unspecified atom stereocenters. The summed E-state index contributed by atoms with van der Waals surface area (Å²) >= 11 is 18.4. The van der Waals surface area contributed by atoms with Crippen molar-refractivity contribution in [1.82, 2.24) is 0 Å². The third-order valence-corrected chi connectivity index (χ3v) is 5.24. The van der Waals surface area contributed by atoms with E-state index < -0.39 is 0 Å². The van der Waals surface area contributed by atoms with Gasteiger partial charge in [0, 0.05) is 27.8 Å². The molecule has 0 amide bonds. The number of anilines is 1. The molecule has 0 aromatic heterocycles. The van der Waals surface area contributed by atoms with E-state index in [0.717, 1.165) is 16.8 Å². The van der Waals surface area contributed by atoms with Gasteiger partial charge in [-0.05, 0) is 55.0 Å². The van der Waals surface area contributed by atoms with Crippen LogP contribution >= 0.6 is 34.8 Å². The molecule has 0 heterocycles. The topological polar surface area (TPSA) is 39.7 Å². The van der Waals surface area contributed by atoms with Crippen molar-refractivity contribution >= 4 is 40.5 Å². The molecule has 0 aliphatic heterocycles. The first kappa shape index (κ1) is 22.4. The quantitative estimate of drug-likeness (QED) is 0.360. The molecule has 0 saturated heterocycles. The Bertz CT molecular complexity index is 1010. The Balaban J connectivity index is 1.68. The molecule has 0 atom stereocenters. The molecule has 1 N–H and O–H groups in total. The Kier molecular flexibility index (Phi) is 7.97. The molecule has 0 spiro atoms. The number of hydrogen-bond acceptors (Lipinski definition) is 4. The molecule has 0 fully saturated rings. The van der Waals surface area contributed by atoms with Gasteiger partial charge >= 0.3 is 0 Å². The molecule has 3 aromatic carbocycles. The van der Waals surface area contributed by atoms with Gasteiger partial charge in [-0.1, -0.05) is 46.9 Å². The summed E-state index contributed by atoms with van der Waals surface area (Å²) in [5, 5.41) is 5.06. The lowest BCUT2D eigenvalue weighted by atomic mass is 10.2. The molecule has 0 radical (unpaired) electrons. The molecule has 3 rings (SSSR count). The Labute approximate surface area is 191 Å².